The summed E-state index contributed by atoms with van der Waals surface area (Å²) < 4.78 is 10.0. The molecule has 0 unspecified atom stereocenters. The van der Waals surface area contributed by atoms with Crippen LogP contribution in [0.3, 0.4) is 0 Å². The second-order valence-electron chi connectivity index (χ2n) is 4.57. The molecule has 0 saturated carbocycles. The Hall–Kier alpha value is -1.63. The van der Waals surface area contributed by atoms with Crippen molar-refractivity contribution in [3.05, 3.63) is 22.9 Å². The summed E-state index contributed by atoms with van der Waals surface area (Å²) in [5.41, 5.74) is 0.0994. The molecule has 0 fully saturated rings. The van der Waals surface area contributed by atoms with Gasteiger partial charge in [0.25, 0.3) is 6.47 Å². The molecule has 1 rings (SSSR count). The summed E-state index contributed by atoms with van der Waals surface area (Å²) in [6.07, 6.45) is 2.71. The van der Waals surface area contributed by atoms with Crippen LogP contribution in [0.4, 0.5) is 10.5 Å². The molecular weight excluding hydrogens is 328 g/mol. The van der Waals surface area contributed by atoms with Gasteiger partial charge in [-0.3, -0.25) is 15.1 Å². The van der Waals surface area contributed by atoms with Crippen molar-refractivity contribution in [2.24, 2.45) is 0 Å². The van der Waals surface area contributed by atoms with E-state index in [-0.39, 0.29) is 0 Å². The van der Waals surface area contributed by atoms with Gasteiger partial charge in [0.05, 0.1) is 18.5 Å². The van der Waals surface area contributed by atoms with Gasteiger partial charge in [-0.1, -0.05) is 0 Å². The minimum atomic E-state index is -0.497. The number of amides is 1. The summed E-state index contributed by atoms with van der Waals surface area (Å²) in [5, 5.41) is 2.59. The summed E-state index contributed by atoms with van der Waals surface area (Å²) in [6, 6.07) is 1.75. The van der Waals surface area contributed by atoms with E-state index in [9.17, 15) is 9.59 Å². The molecule has 0 aromatic carbocycles. The fourth-order valence-corrected chi connectivity index (χ4v) is 1.33. The first-order chi connectivity index (χ1) is 9.28. The largest absolute Gasteiger partial charge is 0.468 e. The molecule has 1 N–H and O–H groups in total. The number of rotatable bonds is 3. The molecule has 0 bridgehead atoms. The number of nitrogens with zero attached hydrogens (tertiary/aromatic N) is 1. The van der Waals surface area contributed by atoms with Crippen LogP contribution in [0.25, 0.3) is 0 Å². The molecule has 0 atom stereocenters. The van der Waals surface area contributed by atoms with Gasteiger partial charge in [-0.05, 0) is 49.7 Å². The Kier molecular flexibility index (Phi) is 8.54. The van der Waals surface area contributed by atoms with Gasteiger partial charge in [0.2, 0.25) is 0 Å². The predicted molar refractivity (Wildman–Crippen MR) is 79.5 cm³/mol. The van der Waals surface area contributed by atoms with E-state index in [4.69, 9.17) is 4.74 Å². The van der Waals surface area contributed by atoms with Gasteiger partial charge in [-0.25, -0.2) is 4.79 Å². The third-order valence-electron chi connectivity index (χ3n) is 1.58. The SMILES string of the molecule is CC(C)(C)OC(=O)Nc1cncc(Br)c1.CCOC=O. The summed E-state index contributed by atoms with van der Waals surface area (Å²) in [4.78, 5) is 24.5. The van der Waals surface area contributed by atoms with Crippen molar-refractivity contribution >= 4 is 34.2 Å². The molecule has 1 amide bonds. The first-order valence-electron chi connectivity index (χ1n) is 5.94. The summed E-state index contributed by atoms with van der Waals surface area (Å²) >= 11 is 3.26. The molecule has 20 heavy (non-hydrogen) atoms. The second kappa shape index (κ2) is 9.30. The first kappa shape index (κ1) is 18.4. The zero-order chi connectivity index (χ0) is 15.6. The summed E-state index contributed by atoms with van der Waals surface area (Å²) in [7, 11) is 0. The van der Waals surface area contributed by atoms with Gasteiger partial charge >= 0.3 is 6.09 Å². The minimum Gasteiger partial charge on any atom is -0.468 e. The number of nitrogens with one attached hydrogen (secondary N) is 1. The molecule has 0 spiro atoms. The van der Waals surface area contributed by atoms with E-state index in [2.05, 4.69) is 31.0 Å². The van der Waals surface area contributed by atoms with Gasteiger partial charge in [-0.2, -0.15) is 0 Å². The van der Waals surface area contributed by atoms with Crippen molar-refractivity contribution in [1.29, 1.82) is 0 Å². The number of hydrogen-bond donors (Lipinski definition) is 1. The van der Waals surface area contributed by atoms with Crippen LogP contribution in [0.15, 0.2) is 22.9 Å². The van der Waals surface area contributed by atoms with Gasteiger partial charge in [0.15, 0.2) is 0 Å². The van der Waals surface area contributed by atoms with Crippen molar-refractivity contribution in [2.45, 2.75) is 33.3 Å². The molecule has 0 aliphatic carbocycles. The van der Waals surface area contributed by atoms with Crippen molar-refractivity contribution in [2.75, 3.05) is 11.9 Å². The zero-order valence-corrected chi connectivity index (χ0v) is 13.6. The summed E-state index contributed by atoms with van der Waals surface area (Å²) in [5.74, 6) is 0. The number of pyridine rings is 1. The summed E-state index contributed by atoms with van der Waals surface area (Å²) in [6.45, 7) is 8.10. The Morgan fingerprint density at radius 2 is 2.10 bits per heavy atom. The van der Waals surface area contributed by atoms with Crippen molar-refractivity contribution in [1.82, 2.24) is 4.98 Å². The van der Waals surface area contributed by atoms with E-state index in [1.807, 2.05) is 20.8 Å². The van der Waals surface area contributed by atoms with E-state index in [1.54, 1.807) is 25.4 Å². The molecule has 7 heteroatoms. The highest BCUT2D eigenvalue weighted by Gasteiger charge is 2.16. The van der Waals surface area contributed by atoms with Gasteiger partial charge < -0.3 is 9.47 Å². The Bertz CT molecular complexity index is 433. The Morgan fingerprint density at radius 3 is 2.50 bits per heavy atom. The average Bonchev–Trinajstić information content (AvgIpc) is 2.28. The molecule has 0 radical (unpaired) electrons. The molecule has 0 saturated heterocycles. The van der Waals surface area contributed by atoms with Crippen LogP contribution in [-0.4, -0.2) is 29.8 Å². The number of anilines is 1. The quantitative estimate of drug-likeness (QED) is 0.849. The molecule has 1 aromatic rings. The predicted octanol–water partition coefficient (Wildman–Crippen LogP) is 3.37. The topological polar surface area (TPSA) is 77.5 Å². The van der Waals surface area contributed by atoms with Crippen LogP contribution in [0.1, 0.15) is 27.7 Å². The lowest BCUT2D eigenvalue weighted by Gasteiger charge is -2.19. The second-order valence-corrected chi connectivity index (χ2v) is 5.49. The highest BCUT2D eigenvalue weighted by Crippen LogP contribution is 2.15. The van der Waals surface area contributed by atoms with Gasteiger partial charge in [0, 0.05) is 10.7 Å². The van der Waals surface area contributed by atoms with Crippen LogP contribution in [0.2, 0.25) is 0 Å². The van der Waals surface area contributed by atoms with E-state index in [0.29, 0.717) is 18.8 Å². The van der Waals surface area contributed by atoms with E-state index in [1.165, 1.54) is 0 Å². The van der Waals surface area contributed by atoms with Crippen molar-refractivity contribution in [3.8, 4) is 0 Å². The standard InChI is InChI=1S/C10H13BrN2O2.C3H6O2/c1-10(2,3)15-9(14)13-8-4-7(11)5-12-6-8;1-2-5-3-4/h4-6H,1-3H3,(H,13,14);3H,2H2,1H3. The van der Waals surface area contributed by atoms with Crippen LogP contribution >= 0.6 is 15.9 Å². The highest BCUT2D eigenvalue weighted by atomic mass is 79.9. The number of carbonyl (C=O) groups is 2. The smallest absolute Gasteiger partial charge is 0.412 e. The van der Waals surface area contributed by atoms with E-state index in [0.717, 1.165) is 4.47 Å². The number of halogens is 1. The fraction of sp³-hybridized carbons (Fsp3) is 0.462. The minimum absolute atomic E-state index is 0.431. The first-order valence-corrected chi connectivity index (χ1v) is 6.73. The maximum absolute atomic E-state index is 11.4. The number of ether oxygens (including phenoxy) is 2. The van der Waals surface area contributed by atoms with E-state index < -0.39 is 11.7 Å². The Labute approximate surface area is 127 Å². The molecule has 1 heterocycles. The lowest BCUT2D eigenvalue weighted by molar-refractivity contribution is -0.128. The maximum Gasteiger partial charge on any atom is 0.412 e. The highest BCUT2D eigenvalue weighted by molar-refractivity contribution is 9.10. The Balaban J connectivity index is 0.000000621. The molecule has 112 valence electrons. The third kappa shape index (κ3) is 10.3. The lowest BCUT2D eigenvalue weighted by Crippen LogP contribution is -2.27. The average molecular weight is 347 g/mol. The number of aromatic nitrogens is 1. The molecule has 0 aliphatic rings. The maximum atomic E-state index is 11.4. The van der Waals surface area contributed by atoms with Crippen LogP contribution in [-0.2, 0) is 14.3 Å². The zero-order valence-electron chi connectivity index (χ0n) is 12.0. The van der Waals surface area contributed by atoms with Crippen molar-refractivity contribution < 1.29 is 19.1 Å². The number of carbonyl (C=O) groups excluding carboxylic acids is 2. The third-order valence-corrected chi connectivity index (χ3v) is 2.02. The lowest BCUT2D eigenvalue weighted by atomic mass is 10.2. The Morgan fingerprint density at radius 1 is 1.45 bits per heavy atom. The van der Waals surface area contributed by atoms with Crippen molar-refractivity contribution in [3.63, 3.8) is 0 Å². The van der Waals surface area contributed by atoms with Crippen LogP contribution in [0.5, 0.6) is 0 Å². The molecule has 6 nitrogen and oxygen atoms in total. The van der Waals surface area contributed by atoms with Crippen LogP contribution in [0, 0.1) is 0 Å². The fourth-order valence-electron chi connectivity index (χ4n) is 0.970. The van der Waals surface area contributed by atoms with Gasteiger partial charge in [-0.15, -0.1) is 0 Å². The normalized spacial score (nSPS) is 9.85. The van der Waals surface area contributed by atoms with E-state index >= 15 is 0 Å². The van der Waals surface area contributed by atoms with Crippen LogP contribution < -0.4 is 5.32 Å². The molecule has 1 aromatic heterocycles. The molecular formula is C13H19BrN2O4. The van der Waals surface area contributed by atoms with Gasteiger partial charge in [0.1, 0.15) is 5.60 Å². The molecule has 0 aliphatic heterocycles. The monoisotopic (exact) mass is 346 g/mol. The number of hydrogen-bond acceptors (Lipinski definition) is 5.